The average molecular weight is 346 g/mol. The summed E-state index contributed by atoms with van der Waals surface area (Å²) in [6, 6.07) is -0.406. The average Bonchev–Trinajstić information content (AvgIpc) is 2.28. The monoisotopic (exact) mass is 344 g/mol. The Morgan fingerprint density at radius 1 is 1.61 bits per heavy atom. The van der Waals surface area contributed by atoms with E-state index in [0.717, 1.165) is 0 Å². The zero-order valence-electron chi connectivity index (χ0n) is 9.40. The zero-order valence-corrected chi connectivity index (χ0v) is 11.8. The molecule has 1 aromatic rings. The SMILES string of the molecule is CCOC(=O)C(F)(F)[C@H](N)c1cncc(Br)c1.Cl. The topological polar surface area (TPSA) is 65.2 Å². The molecule has 0 aromatic carbocycles. The molecule has 1 atom stereocenters. The van der Waals surface area contributed by atoms with E-state index < -0.39 is 17.9 Å². The third kappa shape index (κ3) is 3.86. The molecule has 0 bridgehead atoms. The fourth-order valence-electron chi connectivity index (χ4n) is 1.16. The standard InChI is InChI=1S/C10H11BrF2N2O2.ClH/c1-2-17-9(16)10(12,13)8(14)6-3-7(11)5-15-4-6;/h3-5,8H,2,14H2,1H3;1H/t8-;/m1./s1. The molecule has 1 aromatic heterocycles. The number of carbonyl (C=O) groups excluding carboxylic acids is 1. The molecule has 18 heavy (non-hydrogen) atoms. The lowest BCUT2D eigenvalue weighted by Gasteiger charge is -2.21. The Morgan fingerprint density at radius 3 is 2.72 bits per heavy atom. The number of alkyl halides is 2. The maximum atomic E-state index is 13.6. The molecule has 2 N–H and O–H groups in total. The van der Waals surface area contributed by atoms with Crippen LogP contribution in [0.4, 0.5) is 8.78 Å². The van der Waals surface area contributed by atoms with Crippen molar-refractivity contribution in [3.8, 4) is 0 Å². The number of pyridine rings is 1. The van der Waals surface area contributed by atoms with E-state index in [1.165, 1.54) is 25.4 Å². The number of esters is 1. The Hall–Kier alpha value is -0.790. The van der Waals surface area contributed by atoms with Gasteiger partial charge in [0.25, 0.3) is 0 Å². The van der Waals surface area contributed by atoms with E-state index in [-0.39, 0.29) is 24.6 Å². The van der Waals surface area contributed by atoms with Crippen molar-refractivity contribution in [3.05, 3.63) is 28.5 Å². The van der Waals surface area contributed by atoms with Crippen molar-refractivity contribution < 1.29 is 18.3 Å². The van der Waals surface area contributed by atoms with Crippen LogP contribution < -0.4 is 5.73 Å². The molecular weight excluding hydrogens is 333 g/mol. The lowest BCUT2D eigenvalue weighted by molar-refractivity contribution is -0.174. The summed E-state index contributed by atoms with van der Waals surface area (Å²) in [5, 5.41) is 0. The number of halogens is 4. The molecule has 102 valence electrons. The van der Waals surface area contributed by atoms with E-state index in [1.807, 2.05) is 0 Å². The molecule has 0 fully saturated rings. The van der Waals surface area contributed by atoms with E-state index in [9.17, 15) is 13.6 Å². The quantitative estimate of drug-likeness (QED) is 0.851. The van der Waals surface area contributed by atoms with Crippen LogP contribution in [0.5, 0.6) is 0 Å². The minimum Gasteiger partial charge on any atom is -0.462 e. The first-order valence-corrected chi connectivity index (χ1v) is 5.60. The molecule has 0 saturated carbocycles. The first-order chi connectivity index (χ1) is 7.89. The number of carbonyl (C=O) groups is 1. The highest BCUT2D eigenvalue weighted by Crippen LogP contribution is 2.31. The normalized spacial score (nSPS) is 12.5. The molecule has 4 nitrogen and oxygen atoms in total. The van der Waals surface area contributed by atoms with Crippen LogP contribution in [0.1, 0.15) is 18.5 Å². The summed E-state index contributed by atoms with van der Waals surface area (Å²) < 4.78 is 31.9. The lowest BCUT2D eigenvalue weighted by atomic mass is 10.0. The molecule has 1 heterocycles. The van der Waals surface area contributed by atoms with Gasteiger partial charge in [-0.25, -0.2) is 4.79 Å². The number of hydrogen-bond acceptors (Lipinski definition) is 4. The maximum Gasteiger partial charge on any atom is 0.379 e. The van der Waals surface area contributed by atoms with Gasteiger partial charge in [0.1, 0.15) is 6.04 Å². The Kier molecular flexibility index (Phi) is 6.66. The van der Waals surface area contributed by atoms with Gasteiger partial charge in [0.15, 0.2) is 0 Å². The molecule has 1 rings (SSSR count). The van der Waals surface area contributed by atoms with Crippen LogP contribution in [0.2, 0.25) is 0 Å². The first kappa shape index (κ1) is 17.2. The van der Waals surface area contributed by atoms with Crippen LogP contribution in [0, 0.1) is 0 Å². The predicted molar refractivity (Wildman–Crippen MR) is 67.7 cm³/mol. The Bertz CT molecular complexity index is 421. The fraction of sp³-hybridized carbons (Fsp3) is 0.400. The second kappa shape index (κ2) is 6.96. The Labute approximate surface area is 117 Å². The Balaban J connectivity index is 0.00000289. The number of nitrogens with two attached hydrogens (primary N) is 1. The smallest absolute Gasteiger partial charge is 0.379 e. The third-order valence-electron chi connectivity index (χ3n) is 2.02. The minimum absolute atomic E-state index is 0. The minimum atomic E-state index is -3.78. The van der Waals surface area contributed by atoms with E-state index in [0.29, 0.717) is 4.47 Å². The summed E-state index contributed by atoms with van der Waals surface area (Å²) in [5.74, 6) is -5.41. The molecule has 0 radical (unpaired) electrons. The molecule has 0 aliphatic rings. The van der Waals surface area contributed by atoms with Gasteiger partial charge in [-0.1, -0.05) is 0 Å². The molecule has 0 saturated heterocycles. The van der Waals surface area contributed by atoms with Gasteiger partial charge >= 0.3 is 11.9 Å². The summed E-state index contributed by atoms with van der Waals surface area (Å²) >= 11 is 3.09. The van der Waals surface area contributed by atoms with Crippen molar-refractivity contribution in [2.75, 3.05) is 6.61 Å². The van der Waals surface area contributed by atoms with Gasteiger partial charge in [-0.15, -0.1) is 12.4 Å². The molecular formula is C10H12BrClF2N2O2. The summed E-state index contributed by atoms with van der Waals surface area (Å²) in [5.41, 5.74) is 5.41. The highest BCUT2D eigenvalue weighted by Gasteiger charge is 2.47. The molecule has 8 heteroatoms. The van der Waals surface area contributed by atoms with Crippen molar-refractivity contribution in [2.45, 2.75) is 18.9 Å². The summed E-state index contributed by atoms with van der Waals surface area (Å²) in [4.78, 5) is 14.8. The second-order valence-corrected chi connectivity index (χ2v) is 4.17. The molecule has 0 spiro atoms. The van der Waals surface area contributed by atoms with Crippen molar-refractivity contribution in [1.29, 1.82) is 0 Å². The molecule has 0 unspecified atom stereocenters. The predicted octanol–water partition coefficient (Wildman–Crippen LogP) is 2.46. The number of rotatable bonds is 4. The van der Waals surface area contributed by atoms with Crippen LogP contribution in [0.25, 0.3) is 0 Å². The zero-order chi connectivity index (χ0) is 13.1. The van der Waals surface area contributed by atoms with Crippen molar-refractivity contribution in [2.24, 2.45) is 5.73 Å². The van der Waals surface area contributed by atoms with Crippen LogP contribution in [0.15, 0.2) is 22.9 Å². The number of ether oxygens (including phenoxy) is 1. The van der Waals surface area contributed by atoms with Gasteiger partial charge in [-0.3, -0.25) is 4.98 Å². The lowest BCUT2D eigenvalue weighted by Crippen LogP contribution is -2.41. The van der Waals surface area contributed by atoms with Crippen molar-refractivity contribution >= 4 is 34.3 Å². The Morgan fingerprint density at radius 2 is 2.22 bits per heavy atom. The van der Waals surface area contributed by atoms with E-state index in [4.69, 9.17) is 5.73 Å². The first-order valence-electron chi connectivity index (χ1n) is 4.80. The van der Waals surface area contributed by atoms with Gasteiger partial charge in [0, 0.05) is 16.9 Å². The number of aromatic nitrogens is 1. The third-order valence-corrected chi connectivity index (χ3v) is 2.46. The fourth-order valence-corrected chi connectivity index (χ4v) is 1.54. The largest absolute Gasteiger partial charge is 0.462 e. The van der Waals surface area contributed by atoms with Gasteiger partial charge in [-0.05, 0) is 34.5 Å². The molecule has 0 amide bonds. The molecule has 0 aliphatic carbocycles. The van der Waals surface area contributed by atoms with Crippen LogP contribution >= 0.6 is 28.3 Å². The second-order valence-electron chi connectivity index (χ2n) is 3.26. The molecule has 0 aliphatic heterocycles. The number of hydrogen-bond donors (Lipinski definition) is 1. The summed E-state index contributed by atoms with van der Waals surface area (Å²) in [7, 11) is 0. The van der Waals surface area contributed by atoms with Crippen molar-refractivity contribution in [3.63, 3.8) is 0 Å². The summed E-state index contributed by atoms with van der Waals surface area (Å²) in [6.07, 6.45) is 2.61. The van der Waals surface area contributed by atoms with Crippen LogP contribution in [-0.4, -0.2) is 23.5 Å². The van der Waals surface area contributed by atoms with Gasteiger partial charge in [0.05, 0.1) is 6.61 Å². The van der Waals surface area contributed by atoms with E-state index in [1.54, 1.807) is 0 Å². The van der Waals surface area contributed by atoms with Crippen molar-refractivity contribution in [1.82, 2.24) is 4.98 Å². The van der Waals surface area contributed by atoms with Crippen LogP contribution in [0.3, 0.4) is 0 Å². The summed E-state index contributed by atoms with van der Waals surface area (Å²) in [6.45, 7) is 1.32. The van der Waals surface area contributed by atoms with Crippen LogP contribution in [-0.2, 0) is 9.53 Å². The maximum absolute atomic E-state index is 13.6. The van der Waals surface area contributed by atoms with E-state index >= 15 is 0 Å². The highest BCUT2D eigenvalue weighted by molar-refractivity contribution is 9.10. The highest BCUT2D eigenvalue weighted by atomic mass is 79.9. The van der Waals surface area contributed by atoms with E-state index in [2.05, 4.69) is 25.7 Å². The van der Waals surface area contributed by atoms with Gasteiger partial charge < -0.3 is 10.5 Å². The van der Waals surface area contributed by atoms with Gasteiger partial charge in [0.2, 0.25) is 0 Å². The van der Waals surface area contributed by atoms with Gasteiger partial charge in [-0.2, -0.15) is 8.78 Å². The number of nitrogens with zero attached hydrogens (tertiary/aromatic N) is 1.